The summed E-state index contributed by atoms with van der Waals surface area (Å²) in [6.45, 7) is 0. The van der Waals surface area contributed by atoms with Gasteiger partial charge in [0, 0.05) is 6.07 Å². The van der Waals surface area contributed by atoms with Gasteiger partial charge in [-0.25, -0.2) is 9.48 Å². The van der Waals surface area contributed by atoms with Crippen LogP contribution in [0.5, 0.6) is 5.75 Å². The number of carbonyl (C=O) groups is 1. The molecule has 0 aliphatic rings. The summed E-state index contributed by atoms with van der Waals surface area (Å²) in [4.78, 5) is 11.3. The van der Waals surface area contributed by atoms with Crippen LogP contribution >= 0.6 is 0 Å². The van der Waals surface area contributed by atoms with E-state index in [0.29, 0.717) is 11.5 Å². The normalized spacial score (nSPS) is 10.3. The van der Waals surface area contributed by atoms with Crippen LogP contribution in [0, 0.1) is 0 Å². The lowest BCUT2D eigenvalue weighted by atomic mass is 10.2. The number of nitrogens with zero attached hydrogens (tertiary/aromatic N) is 2. The molecule has 0 spiro atoms. The minimum absolute atomic E-state index is 0.204. The number of hydrogen-bond acceptors (Lipinski definition) is 4. The van der Waals surface area contributed by atoms with E-state index in [-0.39, 0.29) is 5.56 Å². The average molecular weight is 309 g/mol. The lowest BCUT2D eigenvalue weighted by Gasteiger charge is -2.12. The standard InChI is InChI=1S/C17H15N3O3/c1-23-13-8-6-12(7-9-13)20-16(10-11-18-20)19-15-5-3-2-4-14(15)17(21)22/h2-11,19H,1H3,(H,21,22). The summed E-state index contributed by atoms with van der Waals surface area (Å²) in [5.74, 6) is 0.444. The van der Waals surface area contributed by atoms with Crippen molar-refractivity contribution in [2.24, 2.45) is 0 Å². The monoisotopic (exact) mass is 309 g/mol. The molecule has 0 saturated heterocycles. The van der Waals surface area contributed by atoms with Crippen LogP contribution < -0.4 is 10.1 Å². The number of aromatic carboxylic acids is 1. The molecule has 3 rings (SSSR count). The van der Waals surface area contributed by atoms with Crippen LogP contribution in [0.3, 0.4) is 0 Å². The Labute approximate surface area is 133 Å². The maximum atomic E-state index is 11.3. The van der Waals surface area contributed by atoms with Crippen molar-refractivity contribution in [2.45, 2.75) is 0 Å². The molecule has 6 nitrogen and oxygen atoms in total. The minimum atomic E-state index is -0.983. The van der Waals surface area contributed by atoms with E-state index in [2.05, 4.69) is 10.4 Å². The summed E-state index contributed by atoms with van der Waals surface area (Å²) in [5, 5.41) is 16.7. The molecule has 1 heterocycles. The summed E-state index contributed by atoms with van der Waals surface area (Å²) in [6, 6.07) is 16.0. The molecule has 2 N–H and O–H groups in total. The van der Waals surface area contributed by atoms with E-state index in [1.54, 1.807) is 48.3 Å². The molecule has 0 fully saturated rings. The third-order valence-electron chi connectivity index (χ3n) is 3.38. The fourth-order valence-electron chi connectivity index (χ4n) is 2.24. The molecule has 0 aliphatic carbocycles. The van der Waals surface area contributed by atoms with E-state index in [9.17, 15) is 9.90 Å². The number of benzene rings is 2. The van der Waals surface area contributed by atoms with Crippen molar-refractivity contribution in [2.75, 3.05) is 12.4 Å². The summed E-state index contributed by atoms with van der Waals surface area (Å²) >= 11 is 0. The maximum Gasteiger partial charge on any atom is 0.337 e. The maximum absolute atomic E-state index is 11.3. The first-order valence-electron chi connectivity index (χ1n) is 6.97. The van der Waals surface area contributed by atoms with Crippen molar-refractivity contribution < 1.29 is 14.6 Å². The summed E-state index contributed by atoms with van der Waals surface area (Å²) in [5.41, 5.74) is 1.55. The Morgan fingerprint density at radius 3 is 2.57 bits per heavy atom. The van der Waals surface area contributed by atoms with E-state index < -0.39 is 5.97 Å². The molecule has 23 heavy (non-hydrogen) atoms. The number of carboxylic acids is 1. The zero-order chi connectivity index (χ0) is 16.2. The highest BCUT2D eigenvalue weighted by Gasteiger charge is 2.11. The van der Waals surface area contributed by atoms with Crippen molar-refractivity contribution in [3.8, 4) is 11.4 Å². The van der Waals surface area contributed by atoms with Gasteiger partial charge in [-0.1, -0.05) is 12.1 Å². The molecule has 0 aliphatic heterocycles. The lowest BCUT2D eigenvalue weighted by Crippen LogP contribution is -2.06. The second kappa shape index (κ2) is 6.23. The van der Waals surface area contributed by atoms with Crippen molar-refractivity contribution in [3.63, 3.8) is 0 Å². The zero-order valence-corrected chi connectivity index (χ0v) is 12.4. The predicted octanol–water partition coefficient (Wildman–Crippen LogP) is 3.32. The van der Waals surface area contributed by atoms with Crippen molar-refractivity contribution in [3.05, 3.63) is 66.4 Å². The third-order valence-corrected chi connectivity index (χ3v) is 3.38. The Morgan fingerprint density at radius 1 is 1.13 bits per heavy atom. The number of rotatable bonds is 5. The minimum Gasteiger partial charge on any atom is -0.497 e. The molecule has 0 amide bonds. The van der Waals surface area contributed by atoms with Gasteiger partial charge in [0.25, 0.3) is 0 Å². The highest BCUT2D eigenvalue weighted by molar-refractivity contribution is 5.95. The first kappa shape index (κ1) is 14.6. The first-order chi connectivity index (χ1) is 11.2. The van der Waals surface area contributed by atoms with Gasteiger partial charge in [0.1, 0.15) is 11.6 Å². The second-order valence-electron chi connectivity index (χ2n) is 4.80. The van der Waals surface area contributed by atoms with Crippen molar-refractivity contribution in [1.82, 2.24) is 9.78 Å². The van der Waals surface area contributed by atoms with E-state index in [1.165, 1.54) is 0 Å². The van der Waals surface area contributed by atoms with E-state index >= 15 is 0 Å². The van der Waals surface area contributed by atoms with Gasteiger partial charge in [-0.2, -0.15) is 5.10 Å². The van der Waals surface area contributed by atoms with Crippen LogP contribution in [0.1, 0.15) is 10.4 Å². The molecule has 0 saturated carbocycles. The van der Waals surface area contributed by atoms with Crippen LogP contribution in [0.25, 0.3) is 5.69 Å². The summed E-state index contributed by atoms with van der Waals surface area (Å²) in [6.07, 6.45) is 1.65. The quantitative estimate of drug-likeness (QED) is 0.756. The van der Waals surface area contributed by atoms with E-state index in [4.69, 9.17) is 4.74 Å². The average Bonchev–Trinajstić information content (AvgIpc) is 3.03. The number of ether oxygens (including phenoxy) is 1. The number of carboxylic acid groups (broad SMARTS) is 1. The van der Waals surface area contributed by atoms with Gasteiger partial charge >= 0.3 is 5.97 Å². The van der Waals surface area contributed by atoms with Crippen LogP contribution in [0.4, 0.5) is 11.5 Å². The van der Waals surface area contributed by atoms with Crippen LogP contribution in [-0.4, -0.2) is 28.0 Å². The fourth-order valence-corrected chi connectivity index (χ4v) is 2.24. The molecule has 0 bridgehead atoms. The largest absolute Gasteiger partial charge is 0.497 e. The molecule has 1 aromatic heterocycles. The molecule has 6 heteroatoms. The Balaban J connectivity index is 1.94. The molecule has 3 aromatic rings. The summed E-state index contributed by atoms with van der Waals surface area (Å²) in [7, 11) is 1.61. The van der Waals surface area contributed by atoms with Crippen molar-refractivity contribution in [1.29, 1.82) is 0 Å². The van der Waals surface area contributed by atoms with E-state index in [0.717, 1.165) is 11.4 Å². The first-order valence-corrected chi connectivity index (χ1v) is 6.97. The van der Waals surface area contributed by atoms with Crippen LogP contribution in [0.2, 0.25) is 0 Å². The second-order valence-corrected chi connectivity index (χ2v) is 4.80. The molecular formula is C17H15N3O3. The molecule has 2 aromatic carbocycles. The number of methoxy groups -OCH3 is 1. The fraction of sp³-hybridized carbons (Fsp3) is 0.0588. The number of para-hydroxylation sites is 1. The number of hydrogen-bond donors (Lipinski definition) is 2. The van der Waals surface area contributed by atoms with Gasteiger partial charge < -0.3 is 15.2 Å². The van der Waals surface area contributed by atoms with Crippen LogP contribution in [0.15, 0.2) is 60.8 Å². The highest BCUT2D eigenvalue weighted by atomic mass is 16.5. The van der Waals surface area contributed by atoms with Gasteiger partial charge in [-0.15, -0.1) is 0 Å². The topological polar surface area (TPSA) is 76.4 Å². The Morgan fingerprint density at radius 2 is 1.87 bits per heavy atom. The molecule has 0 unspecified atom stereocenters. The van der Waals surface area contributed by atoms with Crippen molar-refractivity contribution >= 4 is 17.5 Å². The van der Waals surface area contributed by atoms with E-state index in [1.807, 2.05) is 24.3 Å². The molecular weight excluding hydrogens is 294 g/mol. The zero-order valence-electron chi connectivity index (χ0n) is 12.4. The number of nitrogens with one attached hydrogen (secondary N) is 1. The Hall–Kier alpha value is -3.28. The SMILES string of the molecule is COc1ccc(-n2nccc2Nc2ccccc2C(=O)O)cc1. The Kier molecular flexibility index (Phi) is 3.97. The van der Waals surface area contributed by atoms with Gasteiger partial charge in [0.2, 0.25) is 0 Å². The molecule has 116 valence electrons. The van der Waals surface area contributed by atoms with Crippen LogP contribution in [-0.2, 0) is 0 Å². The smallest absolute Gasteiger partial charge is 0.337 e. The third kappa shape index (κ3) is 3.01. The predicted molar refractivity (Wildman–Crippen MR) is 86.8 cm³/mol. The summed E-state index contributed by atoms with van der Waals surface area (Å²) < 4.78 is 6.84. The van der Waals surface area contributed by atoms with Gasteiger partial charge in [0.05, 0.1) is 30.2 Å². The molecule has 0 radical (unpaired) electrons. The van der Waals surface area contributed by atoms with Gasteiger partial charge in [-0.05, 0) is 36.4 Å². The number of aromatic nitrogens is 2. The van der Waals surface area contributed by atoms with Gasteiger partial charge in [0.15, 0.2) is 0 Å². The lowest BCUT2D eigenvalue weighted by molar-refractivity contribution is 0.0698. The Bertz CT molecular complexity index is 825. The highest BCUT2D eigenvalue weighted by Crippen LogP contribution is 2.23. The number of anilines is 2. The molecule has 0 atom stereocenters. The van der Waals surface area contributed by atoms with Gasteiger partial charge in [-0.3, -0.25) is 0 Å².